The molecule has 0 aromatic carbocycles. The molecule has 2 saturated heterocycles. The summed E-state index contributed by atoms with van der Waals surface area (Å²) >= 11 is 2.07. The lowest BCUT2D eigenvalue weighted by atomic mass is 10.1. The van der Waals surface area contributed by atoms with Gasteiger partial charge in [0.25, 0.3) is 0 Å². The molecule has 2 unspecified atom stereocenters. The molecule has 0 spiro atoms. The Morgan fingerprint density at radius 1 is 1.38 bits per heavy atom. The molecule has 2 aliphatic rings. The van der Waals surface area contributed by atoms with Gasteiger partial charge in [-0.3, -0.25) is 5.32 Å². The van der Waals surface area contributed by atoms with E-state index in [1.165, 1.54) is 25.0 Å². The first kappa shape index (κ1) is 9.81. The molecule has 0 aliphatic carbocycles. The second-order valence-electron chi connectivity index (χ2n) is 4.66. The highest BCUT2D eigenvalue weighted by Crippen LogP contribution is 2.31. The number of hydrogen-bond donors (Lipinski definition) is 1. The number of thioether (sulfide) groups is 1. The minimum atomic E-state index is 0.183. The zero-order valence-electron chi connectivity index (χ0n) is 8.51. The number of rotatable bonds is 1. The molecular weight excluding hydrogens is 182 g/mol. The monoisotopic (exact) mass is 201 g/mol. The Balaban J connectivity index is 1.87. The Labute approximate surface area is 84.8 Å². The summed E-state index contributed by atoms with van der Waals surface area (Å²) in [5.41, 5.74) is 0.183. The summed E-state index contributed by atoms with van der Waals surface area (Å²) in [6, 6.07) is 0. The fourth-order valence-corrected chi connectivity index (χ4v) is 3.30. The maximum absolute atomic E-state index is 5.78. The van der Waals surface area contributed by atoms with Crippen molar-refractivity contribution >= 4 is 11.8 Å². The number of hydrogen-bond acceptors (Lipinski definition) is 3. The zero-order valence-corrected chi connectivity index (χ0v) is 9.32. The van der Waals surface area contributed by atoms with E-state index in [-0.39, 0.29) is 5.54 Å². The first-order valence-corrected chi connectivity index (χ1v) is 6.23. The van der Waals surface area contributed by atoms with E-state index in [1.807, 2.05) is 0 Å². The topological polar surface area (TPSA) is 21.3 Å². The summed E-state index contributed by atoms with van der Waals surface area (Å²) in [7, 11) is 0. The first-order chi connectivity index (χ1) is 6.17. The average Bonchev–Trinajstić information content (AvgIpc) is 2.48. The molecule has 0 amide bonds. The van der Waals surface area contributed by atoms with Crippen molar-refractivity contribution in [2.24, 2.45) is 0 Å². The van der Waals surface area contributed by atoms with Gasteiger partial charge in [0.2, 0.25) is 0 Å². The van der Waals surface area contributed by atoms with Gasteiger partial charge in [0, 0.05) is 10.8 Å². The van der Waals surface area contributed by atoms with Crippen molar-refractivity contribution in [2.45, 2.75) is 50.1 Å². The molecule has 0 saturated carbocycles. The van der Waals surface area contributed by atoms with Gasteiger partial charge in [-0.25, -0.2) is 0 Å². The van der Waals surface area contributed by atoms with E-state index in [2.05, 4.69) is 30.9 Å². The van der Waals surface area contributed by atoms with E-state index in [1.54, 1.807) is 0 Å². The summed E-state index contributed by atoms with van der Waals surface area (Å²) in [4.78, 5) is 0. The van der Waals surface area contributed by atoms with Crippen molar-refractivity contribution in [3.8, 4) is 0 Å². The van der Waals surface area contributed by atoms with Gasteiger partial charge in [0.15, 0.2) is 0 Å². The first-order valence-electron chi connectivity index (χ1n) is 5.18. The van der Waals surface area contributed by atoms with Gasteiger partial charge in [-0.05, 0) is 32.4 Å². The van der Waals surface area contributed by atoms with Gasteiger partial charge < -0.3 is 4.74 Å². The predicted octanol–water partition coefficient (Wildman–Crippen LogP) is 2.00. The van der Waals surface area contributed by atoms with E-state index in [4.69, 9.17) is 4.74 Å². The lowest BCUT2D eigenvalue weighted by Gasteiger charge is -2.27. The maximum atomic E-state index is 5.78. The SMILES string of the molecule is CC1(C)COC(C2CCCCS2)N1. The van der Waals surface area contributed by atoms with Gasteiger partial charge in [0.1, 0.15) is 6.23 Å². The summed E-state index contributed by atoms with van der Waals surface area (Å²) in [6.07, 6.45) is 4.38. The number of nitrogens with one attached hydrogen (secondary N) is 1. The van der Waals surface area contributed by atoms with E-state index in [0.29, 0.717) is 11.5 Å². The summed E-state index contributed by atoms with van der Waals surface area (Å²) in [6.45, 7) is 5.27. The molecule has 76 valence electrons. The molecule has 0 radical (unpaired) electrons. The van der Waals surface area contributed by atoms with Crippen LogP contribution in [0.4, 0.5) is 0 Å². The third-order valence-electron chi connectivity index (χ3n) is 2.71. The summed E-state index contributed by atoms with van der Waals surface area (Å²) in [5.74, 6) is 1.31. The van der Waals surface area contributed by atoms with E-state index in [0.717, 1.165) is 6.61 Å². The minimum Gasteiger partial charge on any atom is -0.360 e. The van der Waals surface area contributed by atoms with Crippen LogP contribution in [-0.2, 0) is 4.74 Å². The highest BCUT2D eigenvalue weighted by Gasteiger charge is 2.36. The Hall–Kier alpha value is 0.270. The molecule has 2 heterocycles. The summed E-state index contributed by atoms with van der Waals surface area (Å²) in [5, 5.41) is 4.25. The van der Waals surface area contributed by atoms with Crippen LogP contribution in [0.15, 0.2) is 0 Å². The largest absolute Gasteiger partial charge is 0.360 e. The van der Waals surface area contributed by atoms with Crippen molar-refractivity contribution < 1.29 is 4.74 Å². The van der Waals surface area contributed by atoms with Crippen molar-refractivity contribution in [1.29, 1.82) is 0 Å². The molecule has 0 bridgehead atoms. The zero-order chi connectivity index (χ0) is 9.31. The standard InChI is InChI=1S/C10H19NOS/c1-10(2)7-12-9(11-10)8-5-3-4-6-13-8/h8-9,11H,3-7H2,1-2H3. The van der Waals surface area contributed by atoms with Crippen LogP contribution in [0.2, 0.25) is 0 Å². The Kier molecular flexibility index (Phi) is 2.86. The molecule has 2 nitrogen and oxygen atoms in total. The van der Waals surface area contributed by atoms with Crippen LogP contribution >= 0.6 is 11.8 Å². The van der Waals surface area contributed by atoms with Crippen LogP contribution in [0, 0.1) is 0 Å². The molecular formula is C10H19NOS. The molecule has 1 N–H and O–H groups in total. The normalized spacial score (nSPS) is 39.2. The van der Waals surface area contributed by atoms with Gasteiger partial charge >= 0.3 is 0 Å². The summed E-state index contributed by atoms with van der Waals surface area (Å²) < 4.78 is 5.78. The fraction of sp³-hybridized carbons (Fsp3) is 1.00. The maximum Gasteiger partial charge on any atom is 0.120 e. The van der Waals surface area contributed by atoms with Crippen LogP contribution in [-0.4, -0.2) is 29.4 Å². The fourth-order valence-electron chi connectivity index (χ4n) is 1.97. The minimum absolute atomic E-state index is 0.183. The van der Waals surface area contributed by atoms with Crippen LogP contribution in [0.1, 0.15) is 33.1 Å². The van der Waals surface area contributed by atoms with E-state index in [9.17, 15) is 0 Å². The van der Waals surface area contributed by atoms with Crippen LogP contribution in [0.3, 0.4) is 0 Å². The van der Waals surface area contributed by atoms with Crippen LogP contribution < -0.4 is 5.32 Å². The Morgan fingerprint density at radius 2 is 2.23 bits per heavy atom. The van der Waals surface area contributed by atoms with Gasteiger partial charge in [0.05, 0.1) is 6.61 Å². The Morgan fingerprint density at radius 3 is 2.77 bits per heavy atom. The van der Waals surface area contributed by atoms with Crippen LogP contribution in [0.5, 0.6) is 0 Å². The van der Waals surface area contributed by atoms with Gasteiger partial charge in [-0.15, -0.1) is 0 Å². The molecule has 13 heavy (non-hydrogen) atoms. The Bertz CT molecular complexity index is 178. The smallest absolute Gasteiger partial charge is 0.120 e. The highest BCUT2D eigenvalue weighted by molar-refractivity contribution is 8.00. The van der Waals surface area contributed by atoms with Crippen molar-refractivity contribution in [2.75, 3.05) is 12.4 Å². The quantitative estimate of drug-likeness (QED) is 0.701. The van der Waals surface area contributed by atoms with Crippen molar-refractivity contribution in [3.05, 3.63) is 0 Å². The highest BCUT2D eigenvalue weighted by atomic mass is 32.2. The lowest BCUT2D eigenvalue weighted by molar-refractivity contribution is 0.0934. The third-order valence-corrected chi connectivity index (χ3v) is 4.14. The van der Waals surface area contributed by atoms with Crippen molar-refractivity contribution in [1.82, 2.24) is 5.32 Å². The molecule has 2 aliphatic heterocycles. The van der Waals surface area contributed by atoms with E-state index >= 15 is 0 Å². The second-order valence-corrected chi connectivity index (χ2v) is 6.01. The third kappa shape index (κ3) is 2.39. The van der Waals surface area contributed by atoms with Gasteiger partial charge in [-0.1, -0.05) is 6.42 Å². The van der Waals surface area contributed by atoms with E-state index < -0.39 is 0 Å². The lowest BCUT2D eigenvalue weighted by Crippen LogP contribution is -2.43. The van der Waals surface area contributed by atoms with Crippen LogP contribution in [0.25, 0.3) is 0 Å². The average molecular weight is 201 g/mol. The molecule has 2 fully saturated rings. The molecule has 2 atom stereocenters. The molecule has 3 heteroatoms. The second kappa shape index (κ2) is 3.79. The van der Waals surface area contributed by atoms with Crippen molar-refractivity contribution in [3.63, 3.8) is 0 Å². The predicted molar refractivity (Wildman–Crippen MR) is 57.1 cm³/mol. The molecule has 2 rings (SSSR count). The van der Waals surface area contributed by atoms with Gasteiger partial charge in [-0.2, -0.15) is 11.8 Å². The molecule has 0 aromatic heterocycles. The number of ether oxygens (including phenoxy) is 1. The molecule has 0 aromatic rings.